The third kappa shape index (κ3) is 3.85. The highest BCUT2D eigenvalue weighted by molar-refractivity contribution is 9.10. The van der Waals surface area contributed by atoms with Crippen LogP contribution in [0.4, 0.5) is 5.95 Å². The molecule has 2 rings (SSSR count). The summed E-state index contributed by atoms with van der Waals surface area (Å²) in [6.07, 6.45) is 2.41. The first-order valence-electron chi connectivity index (χ1n) is 6.41. The number of halogens is 1. The summed E-state index contributed by atoms with van der Waals surface area (Å²) >= 11 is 3.35. The minimum atomic E-state index is -1.02. The van der Waals surface area contributed by atoms with E-state index >= 15 is 0 Å². The van der Waals surface area contributed by atoms with Crippen molar-refractivity contribution in [1.29, 1.82) is 0 Å². The second-order valence-corrected chi connectivity index (χ2v) is 5.47. The molecule has 0 bridgehead atoms. The summed E-state index contributed by atoms with van der Waals surface area (Å²) in [4.78, 5) is 14.8. The van der Waals surface area contributed by atoms with E-state index in [-0.39, 0.29) is 0 Å². The Balaban J connectivity index is 2.15. The van der Waals surface area contributed by atoms with E-state index in [4.69, 9.17) is 15.6 Å². The first kappa shape index (κ1) is 16.0. The van der Waals surface area contributed by atoms with Crippen molar-refractivity contribution in [3.8, 4) is 5.75 Å². The zero-order valence-electron chi connectivity index (χ0n) is 12.0. The molecule has 0 fully saturated rings. The van der Waals surface area contributed by atoms with Crippen LogP contribution in [0.1, 0.15) is 18.2 Å². The molecule has 0 aliphatic carbocycles. The van der Waals surface area contributed by atoms with E-state index < -0.39 is 12.1 Å². The number of hydrogen-bond acceptors (Lipinski definition) is 5. The van der Waals surface area contributed by atoms with E-state index in [1.54, 1.807) is 30.6 Å². The Morgan fingerprint density at radius 1 is 1.59 bits per heavy atom. The highest BCUT2D eigenvalue weighted by atomic mass is 79.9. The van der Waals surface area contributed by atoms with Crippen LogP contribution in [0.25, 0.3) is 0 Å². The molecule has 0 saturated heterocycles. The minimum absolute atomic E-state index is 0.308. The van der Waals surface area contributed by atoms with E-state index in [0.29, 0.717) is 16.2 Å². The monoisotopic (exact) mass is 366 g/mol. The van der Waals surface area contributed by atoms with Gasteiger partial charge in [-0.05, 0) is 53.5 Å². The molecule has 0 amide bonds. The molecular weight excluding hydrogens is 352 g/mol. The Bertz CT molecular complexity index is 727. The fraction of sp³-hybridized carbons (Fsp3) is 0.214. The topological polar surface area (TPSA) is 103 Å². The van der Waals surface area contributed by atoms with Gasteiger partial charge in [-0.2, -0.15) is 5.10 Å². The molecule has 0 spiro atoms. The number of aromatic nitrogens is 2. The van der Waals surface area contributed by atoms with Crippen molar-refractivity contribution in [1.82, 2.24) is 9.66 Å². The third-order valence-corrected chi connectivity index (χ3v) is 3.39. The summed E-state index contributed by atoms with van der Waals surface area (Å²) in [7, 11) is 0. The SMILES string of the molecule is Cc1cn(N=Cc2ccc(OC(C)C(=O)O)c(Br)c2)c(N)n1. The summed E-state index contributed by atoms with van der Waals surface area (Å²) in [5, 5.41) is 13.1. The number of ether oxygens (including phenoxy) is 1. The molecule has 1 aromatic heterocycles. The number of aliphatic carboxylic acids is 1. The lowest BCUT2D eigenvalue weighted by atomic mass is 10.2. The maximum atomic E-state index is 10.8. The Morgan fingerprint density at radius 3 is 2.86 bits per heavy atom. The number of carboxylic acids is 1. The second-order valence-electron chi connectivity index (χ2n) is 4.62. The number of rotatable bonds is 5. The van der Waals surface area contributed by atoms with Gasteiger partial charge in [0.25, 0.3) is 0 Å². The largest absolute Gasteiger partial charge is 0.479 e. The Labute approximate surface area is 135 Å². The molecule has 7 nitrogen and oxygen atoms in total. The fourth-order valence-electron chi connectivity index (χ4n) is 1.66. The number of aryl methyl sites for hydroxylation is 1. The molecule has 1 atom stereocenters. The van der Waals surface area contributed by atoms with Crippen LogP contribution in [-0.4, -0.2) is 33.1 Å². The van der Waals surface area contributed by atoms with Gasteiger partial charge in [-0.1, -0.05) is 0 Å². The molecule has 116 valence electrons. The standard InChI is InChI=1S/C14H15BrN4O3/c1-8-7-19(14(16)18-8)17-6-10-3-4-12(11(15)5-10)22-9(2)13(20)21/h3-7,9H,1-2H3,(H2,16,18)(H,20,21). The molecule has 0 aliphatic rings. The highest BCUT2D eigenvalue weighted by Gasteiger charge is 2.14. The number of nitrogen functional groups attached to an aromatic ring is 1. The van der Waals surface area contributed by atoms with Crippen molar-refractivity contribution >= 4 is 34.1 Å². The van der Waals surface area contributed by atoms with Gasteiger partial charge in [0.2, 0.25) is 5.95 Å². The van der Waals surface area contributed by atoms with Crippen LogP contribution in [0.15, 0.2) is 34.0 Å². The van der Waals surface area contributed by atoms with Crippen LogP contribution in [0.5, 0.6) is 5.75 Å². The molecule has 0 aliphatic heterocycles. The van der Waals surface area contributed by atoms with Crippen molar-refractivity contribution in [3.05, 3.63) is 40.1 Å². The lowest BCUT2D eigenvalue weighted by Gasteiger charge is -2.12. The summed E-state index contributed by atoms with van der Waals surface area (Å²) in [5.74, 6) is -0.267. The number of hydrogen-bond donors (Lipinski definition) is 2. The first-order valence-corrected chi connectivity index (χ1v) is 7.21. The highest BCUT2D eigenvalue weighted by Crippen LogP contribution is 2.26. The van der Waals surface area contributed by atoms with Crippen LogP contribution in [0.3, 0.4) is 0 Å². The van der Waals surface area contributed by atoms with Crippen molar-refractivity contribution < 1.29 is 14.6 Å². The lowest BCUT2D eigenvalue weighted by molar-refractivity contribution is -0.144. The van der Waals surface area contributed by atoms with Gasteiger partial charge in [-0.25, -0.2) is 14.5 Å². The molecule has 22 heavy (non-hydrogen) atoms. The number of nitrogens with two attached hydrogens (primary N) is 1. The number of anilines is 1. The molecule has 2 aromatic rings. The van der Waals surface area contributed by atoms with Gasteiger partial charge in [0, 0.05) is 0 Å². The Hall–Kier alpha value is -2.35. The van der Waals surface area contributed by atoms with E-state index in [9.17, 15) is 4.79 Å². The maximum Gasteiger partial charge on any atom is 0.344 e. The molecule has 1 aromatic carbocycles. The predicted octanol–water partition coefficient (Wildman–Crippen LogP) is 2.27. The van der Waals surface area contributed by atoms with Crippen LogP contribution in [0, 0.1) is 6.92 Å². The molecule has 1 heterocycles. The summed E-state index contributed by atoms with van der Waals surface area (Å²) in [6, 6.07) is 5.21. The van der Waals surface area contributed by atoms with Gasteiger partial charge in [-0.15, -0.1) is 0 Å². The van der Waals surface area contributed by atoms with Crippen molar-refractivity contribution in [2.24, 2.45) is 5.10 Å². The molecule has 0 saturated carbocycles. The number of nitrogens with zero attached hydrogens (tertiary/aromatic N) is 3. The average molecular weight is 367 g/mol. The molecule has 1 unspecified atom stereocenters. The van der Waals surface area contributed by atoms with Gasteiger partial charge in [0.1, 0.15) is 5.75 Å². The number of carbonyl (C=O) groups is 1. The summed E-state index contributed by atoms with van der Waals surface area (Å²) in [6.45, 7) is 3.29. The number of benzene rings is 1. The quantitative estimate of drug-likeness (QED) is 0.790. The van der Waals surface area contributed by atoms with E-state index in [1.165, 1.54) is 11.6 Å². The predicted molar refractivity (Wildman–Crippen MR) is 86.2 cm³/mol. The van der Waals surface area contributed by atoms with Gasteiger partial charge in [-0.3, -0.25) is 0 Å². The van der Waals surface area contributed by atoms with Crippen molar-refractivity contribution in [2.75, 3.05) is 5.73 Å². The summed E-state index contributed by atoms with van der Waals surface area (Å²) < 4.78 is 7.43. The van der Waals surface area contributed by atoms with Gasteiger partial charge >= 0.3 is 5.97 Å². The minimum Gasteiger partial charge on any atom is -0.479 e. The average Bonchev–Trinajstić information content (AvgIpc) is 2.77. The third-order valence-electron chi connectivity index (χ3n) is 2.77. The molecular formula is C14H15BrN4O3. The molecule has 3 N–H and O–H groups in total. The second kappa shape index (κ2) is 6.61. The normalized spacial score (nSPS) is 12.5. The lowest BCUT2D eigenvalue weighted by Crippen LogP contribution is -2.23. The zero-order chi connectivity index (χ0) is 16.3. The Kier molecular flexibility index (Phi) is 4.81. The zero-order valence-corrected chi connectivity index (χ0v) is 13.6. The van der Waals surface area contributed by atoms with Gasteiger partial charge in [0.15, 0.2) is 6.10 Å². The Morgan fingerprint density at radius 2 is 2.32 bits per heavy atom. The van der Waals surface area contributed by atoms with Crippen LogP contribution in [0.2, 0.25) is 0 Å². The maximum absolute atomic E-state index is 10.8. The van der Waals surface area contributed by atoms with Crippen LogP contribution < -0.4 is 10.5 Å². The molecule has 8 heteroatoms. The fourth-order valence-corrected chi connectivity index (χ4v) is 2.15. The van der Waals surface area contributed by atoms with Crippen molar-refractivity contribution in [2.45, 2.75) is 20.0 Å². The molecule has 0 radical (unpaired) electrons. The first-order chi connectivity index (χ1) is 10.4. The van der Waals surface area contributed by atoms with Crippen LogP contribution >= 0.6 is 15.9 Å². The number of carboxylic acid groups (broad SMARTS) is 1. The van der Waals surface area contributed by atoms with Gasteiger partial charge in [0.05, 0.1) is 22.6 Å². The van der Waals surface area contributed by atoms with E-state index in [1.807, 2.05) is 6.92 Å². The van der Waals surface area contributed by atoms with Crippen LogP contribution in [-0.2, 0) is 4.79 Å². The van der Waals surface area contributed by atoms with E-state index in [0.717, 1.165) is 11.3 Å². The summed E-state index contributed by atoms with van der Waals surface area (Å²) in [5.41, 5.74) is 7.27. The van der Waals surface area contributed by atoms with E-state index in [2.05, 4.69) is 26.0 Å². The van der Waals surface area contributed by atoms with Crippen molar-refractivity contribution in [3.63, 3.8) is 0 Å². The number of imidazole rings is 1. The van der Waals surface area contributed by atoms with Gasteiger partial charge < -0.3 is 15.6 Å². The smallest absolute Gasteiger partial charge is 0.344 e.